The molecule has 0 spiro atoms. The molecule has 2 aromatic rings. The Kier molecular flexibility index (Phi) is 6.87. The first-order valence-corrected chi connectivity index (χ1v) is 14.3. The Bertz CT molecular complexity index is 1110. The number of benzene rings is 1. The van der Waals surface area contributed by atoms with Gasteiger partial charge in [-0.1, -0.05) is 39.8 Å². The minimum Gasteiger partial charge on any atom is -0.456 e. The van der Waals surface area contributed by atoms with Gasteiger partial charge in [-0.25, -0.2) is 0 Å². The average molecular weight is 491 g/mol. The third kappa shape index (κ3) is 4.90. The summed E-state index contributed by atoms with van der Waals surface area (Å²) in [7, 11) is 2.23. The molecule has 2 fully saturated rings. The zero-order chi connectivity index (χ0) is 25.7. The van der Waals surface area contributed by atoms with E-state index in [2.05, 4.69) is 63.6 Å². The molecule has 0 saturated carbocycles. The Labute approximate surface area is 218 Å². The maximum absolute atomic E-state index is 13.6. The second-order valence-corrected chi connectivity index (χ2v) is 13.2. The molecule has 1 amide bonds. The summed E-state index contributed by atoms with van der Waals surface area (Å²) >= 11 is 0. The summed E-state index contributed by atoms with van der Waals surface area (Å²) in [6.45, 7) is 13.8. The van der Waals surface area contributed by atoms with Gasteiger partial charge in [0.25, 0.3) is 5.91 Å². The summed E-state index contributed by atoms with van der Waals surface area (Å²) in [6.07, 6.45) is 10.2. The Morgan fingerprint density at radius 1 is 0.944 bits per heavy atom. The van der Waals surface area contributed by atoms with E-state index in [1.165, 1.54) is 60.9 Å². The molecule has 2 atom stereocenters. The molecule has 36 heavy (non-hydrogen) atoms. The van der Waals surface area contributed by atoms with E-state index in [4.69, 9.17) is 4.42 Å². The number of likely N-dealkylation sites (tertiary alicyclic amines) is 2. The van der Waals surface area contributed by atoms with Gasteiger partial charge in [0.2, 0.25) is 0 Å². The predicted octanol–water partition coefficient (Wildman–Crippen LogP) is 7.01. The smallest absolute Gasteiger partial charge is 0.289 e. The molecular formula is C32H46N2O2. The number of rotatable bonds is 5. The van der Waals surface area contributed by atoms with Crippen molar-refractivity contribution in [2.24, 2.45) is 0 Å². The number of fused-ring (bicyclic) bond motifs is 1. The second kappa shape index (κ2) is 9.67. The van der Waals surface area contributed by atoms with Crippen LogP contribution in [-0.2, 0) is 17.3 Å². The molecule has 1 aliphatic carbocycles. The number of furan rings is 1. The van der Waals surface area contributed by atoms with E-state index in [1.807, 2.05) is 12.1 Å². The van der Waals surface area contributed by atoms with E-state index in [9.17, 15) is 4.79 Å². The fraction of sp³-hybridized carbons (Fsp3) is 0.656. The topological polar surface area (TPSA) is 36.7 Å². The van der Waals surface area contributed by atoms with Crippen molar-refractivity contribution in [2.75, 3.05) is 20.1 Å². The highest BCUT2D eigenvalue weighted by atomic mass is 16.4. The van der Waals surface area contributed by atoms with Crippen molar-refractivity contribution in [3.63, 3.8) is 0 Å². The lowest BCUT2D eigenvalue weighted by atomic mass is 9.62. The third-order valence-electron chi connectivity index (χ3n) is 9.65. The Morgan fingerprint density at radius 3 is 2.33 bits per heavy atom. The molecule has 0 N–H and O–H groups in total. The van der Waals surface area contributed by atoms with Gasteiger partial charge in [-0.2, -0.15) is 0 Å². The van der Waals surface area contributed by atoms with Gasteiger partial charge in [-0.15, -0.1) is 0 Å². The highest BCUT2D eigenvalue weighted by Gasteiger charge is 2.38. The summed E-state index contributed by atoms with van der Waals surface area (Å²) in [6, 6.07) is 9.71. The second-order valence-electron chi connectivity index (χ2n) is 13.2. The molecule has 3 heterocycles. The zero-order valence-electron chi connectivity index (χ0n) is 23.5. The molecule has 2 unspecified atom stereocenters. The van der Waals surface area contributed by atoms with Crippen LogP contribution in [-0.4, -0.2) is 47.9 Å². The molecule has 1 aromatic heterocycles. The highest BCUT2D eigenvalue weighted by Crippen LogP contribution is 2.46. The lowest BCUT2D eigenvalue weighted by Gasteiger charge is -2.42. The van der Waals surface area contributed by atoms with Crippen molar-refractivity contribution < 1.29 is 9.21 Å². The molecule has 0 radical (unpaired) electrons. The summed E-state index contributed by atoms with van der Waals surface area (Å²) < 4.78 is 6.23. The number of hydrogen-bond acceptors (Lipinski definition) is 3. The van der Waals surface area contributed by atoms with Crippen LogP contribution >= 0.6 is 0 Å². The Morgan fingerprint density at radius 2 is 1.64 bits per heavy atom. The van der Waals surface area contributed by atoms with Crippen LogP contribution < -0.4 is 0 Å². The van der Waals surface area contributed by atoms with Crippen LogP contribution in [0.5, 0.6) is 0 Å². The molecule has 196 valence electrons. The van der Waals surface area contributed by atoms with Gasteiger partial charge in [0.15, 0.2) is 5.76 Å². The minimum atomic E-state index is 0.0802. The van der Waals surface area contributed by atoms with Crippen LogP contribution in [0, 0.1) is 6.92 Å². The maximum Gasteiger partial charge on any atom is 0.289 e. The van der Waals surface area contributed by atoms with Gasteiger partial charge in [0.1, 0.15) is 5.76 Å². The van der Waals surface area contributed by atoms with Crippen LogP contribution in [0.3, 0.4) is 0 Å². The molecular weight excluding hydrogens is 444 g/mol. The molecule has 1 aromatic carbocycles. The number of hydrogen-bond donors (Lipinski definition) is 0. The molecule has 2 saturated heterocycles. The molecule has 5 rings (SSSR count). The summed E-state index contributed by atoms with van der Waals surface area (Å²) in [5, 5.41) is 0. The summed E-state index contributed by atoms with van der Waals surface area (Å²) in [5.74, 6) is 1.48. The van der Waals surface area contributed by atoms with Crippen molar-refractivity contribution in [2.45, 2.75) is 115 Å². The van der Waals surface area contributed by atoms with Gasteiger partial charge >= 0.3 is 0 Å². The van der Waals surface area contributed by atoms with Crippen LogP contribution in [0.15, 0.2) is 28.7 Å². The molecule has 4 heteroatoms. The standard InChI is InChI=1S/C32H46N2O2/c1-22-18-27-28(32(4,5)15-14-31(27,2)3)20-23(22)19-26-12-13-29(36-26)30(35)34-17-8-7-10-25(34)21-24-11-9-16-33(24)6/h12-13,18,20,24-25H,7-11,14-17,19,21H2,1-6H3. The highest BCUT2D eigenvalue weighted by molar-refractivity contribution is 5.91. The molecule has 0 bridgehead atoms. The number of nitrogens with zero attached hydrogens (tertiary/aromatic N) is 2. The lowest BCUT2D eigenvalue weighted by Crippen LogP contribution is -2.46. The zero-order valence-corrected chi connectivity index (χ0v) is 23.5. The fourth-order valence-electron chi connectivity index (χ4n) is 6.98. The van der Waals surface area contributed by atoms with Gasteiger partial charge < -0.3 is 14.2 Å². The number of aryl methyl sites for hydroxylation is 1. The first-order valence-electron chi connectivity index (χ1n) is 14.3. The quantitative estimate of drug-likeness (QED) is 0.452. The van der Waals surface area contributed by atoms with E-state index < -0.39 is 0 Å². The normalized spacial score (nSPS) is 25.7. The van der Waals surface area contributed by atoms with Crippen molar-refractivity contribution in [3.8, 4) is 0 Å². The lowest BCUT2D eigenvalue weighted by molar-refractivity contribution is 0.0533. The number of piperidine rings is 1. The number of carbonyl (C=O) groups excluding carboxylic acids is 1. The Hall–Kier alpha value is -2.07. The van der Waals surface area contributed by atoms with Crippen LogP contribution in [0.4, 0.5) is 0 Å². The van der Waals surface area contributed by atoms with Gasteiger partial charge in [-0.05, 0) is 117 Å². The van der Waals surface area contributed by atoms with Gasteiger partial charge in [0, 0.05) is 25.0 Å². The first kappa shape index (κ1) is 25.6. The minimum absolute atomic E-state index is 0.0802. The van der Waals surface area contributed by atoms with Crippen molar-refractivity contribution in [3.05, 3.63) is 58.0 Å². The predicted molar refractivity (Wildman–Crippen MR) is 147 cm³/mol. The van der Waals surface area contributed by atoms with E-state index >= 15 is 0 Å². The SMILES string of the molecule is Cc1cc2c(cc1Cc1ccc(C(=O)N3CCCCC3CC3CCCN3C)o1)C(C)(C)CCC2(C)C. The van der Waals surface area contributed by atoms with Gasteiger partial charge in [0.05, 0.1) is 0 Å². The molecule has 3 aliphatic rings. The van der Waals surface area contributed by atoms with Crippen LogP contribution in [0.2, 0.25) is 0 Å². The summed E-state index contributed by atoms with van der Waals surface area (Å²) in [4.78, 5) is 18.2. The maximum atomic E-state index is 13.6. The van der Waals surface area contributed by atoms with E-state index in [-0.39, 0.29) is 16.7 Å². The van der Waals surface area contributed by atoms with E-state index in [0.717, 1.165) is 38.0 Å². The van der Waals surface area contributed by atoms with Crippen molar-refractivity contribution >= 4 is 5.91 Å². The molecule has 2 aliphatic heterocycles. The van der Waals surface area contributed by atoms with Crippen molar-refractivity contribution in [1.29, 1.82) is 0 Å². The fourth-order valence-corrected chi connectivity index (χ4v) is 6.98. The largest absolute Gasteiger partial charge is 0.456 e. The van der Waals surface area contributed by atoms with E-state index in [0.29, 0.717) is 17.8 Å². The molecule has 4 nitrogen and oxygen atoms in total. The van der Waals surface area contributed by atoms with Crippen molar-refractivity contribution in [1.82, 2.24) is 9.80 Å². The summed E-state index contributed by atoms with van der Waals surface area (Å²) in [5.41, 5.74) is 6.02. The van der Waals surface area contributed by atoms with Gasteiger partial charge in [-0.3, -0.25) is 4.79 Å². The number of amides is 1. The van der Waals surface area contributed by atoms with Crippen LogP contribution in [0.25, 0.3) is 0 Å². The monoisotopic (exact) mass is 490 g/mol. The third-order valence-corrected chi connectivity index (χ3v) is 9.65. The Balaban J connectivity index is 1.34. The first-order chi connectivity index (χ1) is 17.0. The average Bonchev–Trinajstić information content (AvgIpc) is 3.47. The van der Waals surface area contributed by atoms with Crippen LogP contribution in [0.1, 0.15) is 118 Å². The van der Waals surface area contributed by atoms with E-state index in [1.54, 1.807) is 0 Å². The number of carbonyl (C=O) groups is 1.